The van der Waals surface area contributed by atoms with Gasteiger partial charge in [0, 0.05) is 6.61 Å². The lowest BCUT2D eigenvalue weighted by atomic mass is 9.93. The van der Waals surface area contributed by atoms with Gasteiger partial charge < -0.3 is 9.84 Å². The fraction of sp³-hybridized carbons (Fsp3) is 0.889. The summed E-state index contributed by atoms with van der Waals surface area (Å²) >= 11 is 0. The maximum absolute atomic E-state index is 12.4. The highest BCUT2D eigenvalue weighted by atomic mass is 19.3. The van der Waals surface area contributed by atoms with Gasteiger partial charge in [-0.25, -0.2) is 4.79 Å². The number of aliphatic carboxylic acids is 1. The molecule has 0 saturated heterocycles. The van der Waals surface area contributed by atoms with Crippen molar-refractivity contribution in [2.24, 2.45) is 5.41 Å². The third kappa shape index (κ3) is 5.85. The van der Waals surface area contributed by atoms with Crippen LogP contribution in [-0.2, 0) is 9.53 Å². The quantitative estimate of drug-likeness (QED) is 0.707. The molecule has 3 nitrogen and oxygen atoms in total. The standard InChI is InChI=1S/C9H16F2O3/c1-8(2,3)4-5-14-6-9(10,11)7(12)13/h4-6H2,1-3H3,(H,12,13). The molecule has 0 unspecified atom stereocenters. The molecule has 84 valence electrons. The number of carbonyl (C=O) groups is 1. The number of hydrogen-bond donors (Lipinski definition) is 1. The third-order valence-corrected chi connectivity index (χ3v) is 1.59. The van der Waals surface area contributed by atoms with Crippen LogP contribution in [0.4, 0.5) is 8.78 Å². The van der Waals surface area contributed by atoms with Crippen LogP contribution in [0.1, 0.15) is 27.2 Å². The Morgan fingerprint density at radius 3 is 2.21 bits per heavy atom. The monoisotopic (exact) mass is 210 g/mol. The first-order valence-electron chi connectivity index (χ1n) is 4.34. The molecule has 0 aromatic heterocycles. The van der Waals surface area contributed by atoms with Gasteiger partial charge in [-0.15, -0.1) is 0 Å². The molecule has 0 fully saturated rings. The Labute approximate surface area is 82.1 Å². The largest absolute Gasteiger partial charge is 0.477 e. The number of ether oxygens (including phenoxy) is 1. The molecular formula is C9H16F2O3. The number of halogens is 2. The maximum atomic E-state index is 12.4. The van der Waals surface area contributed by atoms with Crippen LogP contribution in [0, 0.1) is 5.41 Å². The second-order valence-corrected chi connectivity index (χ2v) is 4.37. The predicted molar refractivity (Wildman–Crippen MR) is 47.5 cm³/mol. The van der Waals surface area contributed by atoms with Gasteiger partial charge in [0.05, 0.1) is 0 Å². The zero-order valence-electron chi connectivity index (χ0n) is 8.64. The van der Waals surface area contributed by atoms with E-state index in [1.807, 2.05) is 20.8 Å². The van der Waals surface area contributed by atoms with Crippen LogP contribution in [0.2, 0.25) is 0 Å². The molecule has 5 heteroatoms. The van der Waals surface area contributed by atoms with Gasteiger partial charge in [0.2, 0.25) is 0 Å². The van der Waals surface area contributed by atoms with E-state index in [1.54, 1.807) is 0 Å². The number of carboxylic acids is 1. The normalized spacial score (nSPS) is 12.9. The maximum Gasteiger partial charge on any atom is 0.377 e. The Morgan fingerprint density at radius 2 is 1.86 bits per heavy atom. The van der Waals surface area contributed by atoms with Gasteiger partial charge in [0.1, 0.15) is 6.61 Å². The SMILES string of the molecule is CC(C)(C)CCOCC(F)(F)C(=O)O. The molecule has 0 saturated carbocycles. The molecule has 0 amide bonds. The van der Waals surface area contributed by atoms with Gasteiger partial charge in [0.15, 0.2) is 0 Å². The van der Waals surface area contributed by atoms with Crippen LogP contribution in [0.3, 0.4) is 0 Å². The summed E-state index contributed by atoms with van der Waals surface area (Å²) in [4.78, 5) is 9.98. The zero-order valence-corrected chi connectivity index (χ0v) is 8.64. The highest BCUT2D eigenvalue weighted by molar-refractivity contribution is 5.75. The lowest BCUT2D eigenvalue weighted by Gasteiger charge is -2.18. The molecule has 0 rings (SSSR count). The molecule has 0 aliphatic carbocycles. The first-order valence-corrected chi connectivity index (χ1v) is 4.34. The lowest BCUT2D eigenvalue weighted by molar-refractivity contribution is -0.173. The Bertz CT molecular complexity index is 197. The fourth-order valence-electron chi connectivity index (χ4n) is 0.640. The minimum atomic E-state index is -3.78. The summed E-state index contributed by atoms with van der Waals surface area (Å²) in [6.45, 7) is 4.94. The van der Waals surface area contributed by atoms with Crippen molar-refractivity contribution in [3.63, 3.8) is 0 Å². The highest BCUT2D eigenvalue weighted by Gasteiger charge is 2.39. The third-order valence-electron chi connectivity index (χ3n) is 1.59. The number of hydrogen-bond acceptors (Lipinski definition) is 2. The molecule has 0 bridgehead atoms. The second kappa shape index (κ2) is 4.68. The van der Waals surface area contributed by atoms with Crippen molar-refractivity contribution in [2.45, 2.75) is 33.1 Å². The lowest BCUT2D eigenvalue weighted by Crippen LogP contribution is -2.34. The van der Waals surface area contributed by atoms with Crippen LogP contribution in [0.25, 0.3) is 0 Å². The second-order valence-electron chi connectivity index (χ2n) is 4.37. The van der Waals surface area contributed by atoms with E-state index in [4.69, 9.17) is 5.11 Å². The summed E-state index contributed by atoms with van der Waals surface area (Å²) in [6.07, 6.45) is 0.614. The van der Waals surface area contributed by atoms with Gasteiger partial charge in [-0.1, -0.05) is 20.8 Å². The Hall–Kier alpha value is -0.710. The first-order chi connectivity index (χ1) is 6.15. The molecule has 14 heavy (non-hydrogen) atoms. The van der Waals surface area contributed by atoms with E-state index in [0.717, 1.165) is 0 Å². The molecule has 0 radical (unpaired) electrons. The smallest absolute Gasteiger partial charge is 0.377 e. The van der Waals surface area contributed by atoms with Crippen LogP contribution in [0.15, 0.2) is 0 Å². The molecule has 0 spiro atoms. The molecular weight excluding hydrogens is 194 g/mol. The summed E-state index contributed by atoms with van der Waals surface area (Å²) < 4.78 is 29.5. The number of carboxylic acid groups (broad SMARTS) is 1. The minimum Gasteiger partial charge on any atom is -0.477 e. The van der Waals surface area contributed by atoms with Crippen LogP contribution >= 0.6 is 0 Å². The molecule has 1 N–H and O–H groups in total. The van der Waals surface area contributed by atoms with Crippen LogP contribution < -0.4 is 0 Å². The molecule has 0 heterocycles. The van der Waals surface area contributed by atoms with E-state index >= 15 is 0 Å². The van der Waals surface area contributed by atoms with Gasteiger partial charge in [-0.3, -0.25) is 0 Å². The molecule has 0 aliphatic heterocycles. The van der Waals surface area contributed by atoms with Gasteiger partial charge >= 0.3 is 11.9 Å². The first kappa shape index (κ1) is 13.3. The minimum absolute atomic E-state index is 0.00148. The topological polar surface area (TPSA) is 46.5 Å². The van der Waals surface area contributed by atoms with Crippen molar-refractivity contribution in [3.05, 3.63) is 0 Å². The van der Waals surface area contributed by atoms with Crippen molar-refractivity contribution in [2.75, 3.05) is 13.2 Å². The van der Waals surface area contributed by atoms with E-state index in [0.29, 0.717) is 6.42 Å². The molecule has 0 aliphatic rings. The molecule has 0 atom stereocenters. The van der Waals surface area contributed by atoms with Crippen molar-refractivity contribution in [1.82, 2.24) is 0 Å². The summed E-state index contributed by atoms with van der Waals surface area (Å²) in [5, 5.41) is 8.07. The van der Waals surface area contributed by atoms with E-state index in [9.17, 15) is 13.6 Å². The van der Waals surface area contributed by atoms with Gasteiger partial charge in [-0.2, -0.15) is 8.78 Å². The summed E-state index contributed by atoms with van der Waals surface area (Å²) in [7, 11) is 0. The van der Waals surface area contributed by atoms with Crippen molar-refractivity contribution in [3.8, 4) is 0 Å². The Balaban J connectivity index is 3.70. The van der Waals surface area contributed by atoms with Crippen molar-refractivity contribution < 1.29 is 23.4 Å². The van der Waals surface area contributed by atoms with E-state index in [-0.39, 0.29) is 12.0 Å². The summed E-state index contributed by atoms with van der Waals surface area (Å²) in [5.41, 5.74) is -0.00148. The highest BCUT2D eigenvalue weighted by Crippen LogP contribution is 2.19. The summed E-state index contributed by atoms with van der Waals surface area (Å²) in [5.74, 6) is -5.93. The fourth-order valence-corrected chi connectivity index (χ4v) is 0.640. The zero-order chi connectivity index (χ0) is 11.4. The van der Waals surface area contributed by atoms with E-state index < -0.39 is 18.5 Å². The van der Waals surface area contributed by atoms with Crippen LogP contribution in [0.5, 0.6) is 0 Å². The average Bonchev–Trinajstić information content (AvgIpc) is 1.96. The Morgan fingerprint density at radius 1 is 1.36 bits per heavy atom. The summed E-state index contributed by atoms with van der Waals surface area (Å²) in [6, 6.07) is 0. The predicted octanol–water partition coefficient (Wildman–Crippen LogP) is 2.16. The Kier molecular flexibility index (Phi) is 4.45. The van der Waals surface area contributed by atoms with Crippen LogP contribution in [-0.4, -0.2) is 30.2 Å². The number of rotatable bonds is 5. The molecule has 0 aromatic rings. The van der Waals surface area contributed by atoms with Crippen molar-refractivity contribution >= 4 is 5.97 Å². The van der Waals surface area contributed by atoms with E-state index in [1.165, 1.54) is 0 Å². The van der Waals surface area contributed by atoms with Gasteiger partial charge in [0.25, 0.3) is 0 Å². The molecule has 0 aromatic carbocycles. The average molecular weight is 210 g/mol. The van der Waals surface area contributed by atoms with Gasteiger partial charge in [-0.05, 0) is 11.8 Å². The van der Waals surface area contributed by atoms with E-state index in [2.05, 4.69) is 4.74 Å². The number of alkyl halides is 2. The van der Waals surface area contributed by atoms with Crippen molar-refractivity contribution in [1.29, 1.82) is 0 Å².